The van der Waals surface area contributed by atoms with E-state index in [1.807, 2.05) is 0 Å². The quantitative estimate of drug-likeness (QED) is 0.431. The first-order valence-electron chi connectivity index (χ1n) is 10.6. The smallest absolute Gasteiger partial charge is 0.480 e. The summed E-state index contributed by atoms with van der Waals surface area (Å²) >= 11 is 1.01. The predicted octanol–water partition coefficient (Wildman–Crippen LogP) is 4.08. The average Bonchev–Trinajstić information content (AvgIpc) is 3.38. The number of amidine groups is 1. The summed E-state index contributed by atoms with van der Waals surface area (Å²) in [5, 5.41) is 13.8. The number of nitrogens with one attached hydrogen (secondary N) is 1. The molecule has 1 aromatic heterocycles. The van der Waals surface area contributed by atoms with E-state index >= 15 is 0 Å². The van der Waals surface area contributed by atoms with Crippen LogP contribution in [-0.4, -0.2) is 60.1 Å². The SMILES string of the molecule is COC(=O)OC1=C(CN2CC(F)(F)C[C@H]2C(=O)O)NC(c2sccc2F)=N[C@@]1(C)c1ccc(F)cc1. The van der Waals surface area contributed by atoms with E-state index in [9.17, 15) is 32.3 Å². The number of carboxylic acids is 1. The average molecular weight is 527 g/mol. The van der Waals surface area contributed by atoms with E-state index in [-0.39, 0.29) is 22.2 Å². The molecular formula is C23H21F4N3O5S. The molecule has 2 N–H and O–H groups in total. The number of thiophene rings is 1. The largest absolute Gasteiger partial charge is 0.513 e. The number of rotatable bonds is 6. The van der Waals surface area contributed by atoms with Gasteiger partial charge < -0.3 is 19.9 Å². The first-order valence-corrected chi connectivity index (χ1v) is 11.5. The Balaban J connectivity index is 1.87. The minimum atomic E-state index is -3.27. The van der Waals surface area contributed by atoms with Gasteiger partial charge in [-0.05, 0) is 36.1 Å². The van der Waals surface area contributed by atoms with Crippen LogP contribution in [0.3, 0.4) is 0 Å². The van der Waals surface area contributed by atoms with E-state index in [1.54, 1.807) is 0 Å². The van der Waals surface area contributed by atoms with Gasteiger partial charge in [0.25, 0.3) is 5.92 Å². The van der Waals surface area contributed by atoms with E-state index in [0.717, 1.165) is 35.5 Å². The van der Waals surface area contributed by atoms with Crippen molar-refractivity contribution in [2.24, 2.45) is 4.99 Å². The fraction of sp³-hybridized carbons (Fsp3) is 0.348. The normalized spacial score (nSPS) is 23.7. The Morgan fingerprint density at radius 3 is 2.53 bits per heavy atom. The van der Waals surface area contributed by atoms with Gasteiger partial charge in [0, 0.05) is 13.0 Å². The molecule has 0 radical (unpaired) electrons. The molecule has 0 saturated carbocycles. The maximum atomic E-state index is 14.5. The van der Waals surface area contributed by atoms with Crippen LogP contribution >= 0.6 is 11.3 Å². The van der Waals surface area contributed by atoms with Crippen LogP contribution in [0.25, 0.3) is 0 Å². The fourth-order valence-corrected chi connectivity index (χ4v) is 4.94. The number of ether oxygens (including phenoxy) is 2. The zero-order valence-corrected chi connectivity index (χ0v) is 19.9. The lowest BCUT2D eigenvalue weighted by molar-refractivity contribution is -0.142. The van der Waals surface area contributed by atoms with Crippen LogP contribution in [0, 0.1) is 11.6 Å². The zero-order chi connectivity index (χ0) is 26.3. The summed E-state index contributed by atoms with van der Waals surface area (Å²) in [5.41, 5.74) is -1.25. The molecule has 4 rings (SSSR count). The fourth-order valence-electron chi connectivity index (χ4n) is 4.23. The van der Waals surface area contributed by atoms with Crippen LogP contribution < -0.4 is 5.32 Å². The first kappa shape index (κ1) is 25.6. The maximum Gasteiger partial charge on any atom is 0.513 e. The third kappa shape index (κ3) is 4.93. The number of carboxylic acid groups (broad SMARTS) is 1. The minimum absolute atomic E-state index is 0.000581. The van der Waals surface area contributed by atoms with Crippen LogP contribution in [0.2, 0.25) is 0 Å². The molecule has 192 valence electrons. The van der Waals surface area contributed by atoms with Crippen molar-refractivity contribution >= 4 is 29.3 Å². The first-order chi connectivity index (χ1) is 16.9. The second-order valence-corrected chi connectivity index (χ2v) is 9.36. The molecule has 13 heteroatoms. The number of halogens is 4. The molecule has 2 aliphatic heterocycles. The van der Waals surface area contributed by atoms with Gasteiger partial charge in [0.1, 0.15) is 33.9 Å². The summed E-state index contributed by atoms with van der Waals surface area (Å²) in [7, 11) is 1.06. The van der Waals surface area contributed by atoms with E-state index in [0.29, 0.717) is 5.56 Å². The topological polar surface area (TPSA) is 100 Å². The van der Waals surface area contributed by atoms with E-state index in [2.05, 4.69) is 15.0 Å². The molecule has 2 aliphatic rings. The van der Waals surface area contributed by atoms with Crippen LogP contribution in [0.15, 0.2) is 52.2 Å². The van der Waals surface area contributed by atoms with Crippen molar-refractivity contribution in [3.05, 3.63) is 69.2 Å². The predicted molar refractivity (Wildman–Crippen MR) is 121 cm³/mol. The van der Waals surface area contributed by atoms with Crippen molar-refractivity contribution in [2.75, 3.05) is 20.2 Å². The van der Waals surface area contributed by atoms with E-state index in [1.165, 1.54) is 30.5 Å². The zero-order valence-electron chi connectivity index (χ0n) is 19.1. The van der Waals surface area contributed by atoms with Crippen LogP contribution in [-0.2, 0) is 19.8 Å². The van der Waals surface area contributed by atoms with Gasteiger partial charge in [-0.25, -0.2) is 27.3 Å². The second-order valence-electron chi connectivity index (χ2n) is 8.45. The molecule has 0 spiro atoms. The molecule has 3 heterocycles. The molecule has 8 nitrogen and oxygen atoms in total. The molecule has 2 atom stereocenters. The summed E-state index contributed by atoms with van der Waals surface area (Å²) in [5.74, 6) is -6.06. The Hall–Kier alpha value is -3.45. The number of hydrogen-bond acceptors (Lipinski definition) is 8. The molecule has 1 saturated heterocycles. The number of likely N-dealkylation sites (tertiary alicyclic amines) is 1. The number of carbonyl (C=O) groups excluding carboxylic acids is 1. The Morgan fingerprint density at radius 1 is 1.25 bits per heavy atom. The van der Waals surface area contributed by atoms with Gasteiger partial charge in [-0.2, -0.15) is 0 Å². The van der Waals surface area contributed by atoms with Crippen molar-refractivity contribution < 1.29 is 41.7 Å². The van der Waals surface area contributed by atoms with Gasteiger partial charge in [0.2, 0.25) is 0 Å². The van der Waals surface area contributed by atoms with Gasteiger partial charge in [-0.3, -0.25) is 9.69 Å². The molecule has 0 bridgehead atoms. The lowest BCUT2D eigenvalue weighted by atomic mass is 9.87. The molecular weight excluding hydrogens is 506 g/mol. The van der Waals surface area contributed by atoms with Gasteiger partial charge in [0.05, 0.1) is 19.4 Å². The van der Waals surface area contributed by atoms with Crippen LogP contribution in [0.4, 0.5) is 22.4 Å². The summed E-state index contributed by atoms with van der Waals surface area (Å²) in [6.45, 7) is 0.216. The Labute approximate surface area is 206 Å². The summed E-state index contributed by atoms with van der Waals surface area (Å²) in [4.78, 5) is 29.5. The number of alkyl halides is 2. The molecule has 1 aromatic carbocycles. The summed E-state index contributed by atoms with van der Waals surface area (Å²) < 4.78 is 66.6. The highest BCUT2D eigenvalue weighted by Gasteiger charge is 2.50. The van der Waals surface area contributed by atoms with Crippen molar-refractivity contribution in [2.45, 2.75) is 30.8 Å². The Morgan fingerprint density at radius 2 is 1.94 bits per heavy atom. The molecule has 0 amide bonds. The number of aliphatic carboxylic acids is 1. The third-order valence-corrected chi connectivity index (χ3v) is 6.82. The maximum absolute atomic E-state index is 14.5. The molecule has 0 unspecified atom stereocenters. The molecule has 0 aliphatic carbocycles. The van der Waals surface area contributed by atoms with E-state index < -0.39 is 60.8 Å². The lowest BCUT2D eigenvalue weighted by Gasteiger charge is -2.36. The van der Waals surface area contributed by atoms with Crippen LogP contribution in [0.5, 0.6) is 0 Å². The monoisotopic (exact) mass is 527 g/mol. The van der Waals surface area contributed by atoms with Gasteiger partial charge in [0.15, 0.2) is 5.76 Å². The van der Waals surface area contributed by atoms with Crippen molar-refractivity contribution in [3.8, 4) is 0 Å². The molecule has 1 fully saturated rings. The third-order valence-electron chi connectivity index (χ3n) is 5.93. The van der Waals surface area contributed by atoms with Gasteiger partial charge in [-0.1, -0.05) is 12.1 Å². The highest BCUT2D eigenvalue weighted by atomic mass is 32.1. The van der Waals surface area contributed by atoms with Gasteiger partial charge in [-0.15, -0.1) is 11.3 Å². The number of methoxy groups -OCH3 is 1. The second kappa shape index (κ2) is 9.54. The van der Waals surface area contributed by atoms with E-state index in [4.69, 9.17) is 4.74 Å². The lowest BCUT2D eigenvalue weighted by Crippen LogP contribution is -2.46. The minimum Gasteiger partial charge on any atom is -0.480 e. The van der Waals surface area contributed by atoms with Crippen molar-refractivity contribution in [3.63, 3.8) is 0 Å². The van der Waals surface area contributed by atoms with Crippen molar-refractivity contribution in [1.29, 1.82) is 0 Å². The van der Waals surface area contributed by atoms with Crippen molar-refractivity contribution in [1.82, 2.24) is 10.2 Å². The standard InChI is InChI=1S/C23H21F4N3O5S/c1-22(12-3-5-13(24)6-4-12)18(35-21(33)34-2)15(28-19(29-22)17-14(25)7-8-36-17)10-30-11-23(26,27)9-16(30)20(31)32/h3-8,16H,9-11H2,1-2H3,(H,28,29)(H,31,32)/t16-,22-/m0/s1. The molecule has 36 heavy (non-hydrogen) atoms. The summed E-state index contributed by atoms with van der Waals surface area (Å²) in [6, 6.07) is 4.77. The highest BCUT2D eigenvalue weighted by molar-refractivity contribution is 7.12. The summed E-state index contributed by atoms with van der Waals surface area (Å²) in [6.07, 6.45) is -2.06. The Bertz CT molecular complexity index is 1250. The number of hydrogen-bond donors (Lipinski definition) is 2. The Kier molecular flexibility index (Phi) is 6.80. The molecule has 2 aromatic rings. The van der Waals surface area contributed by atoms with Crippen LogP contribution in [0.1, 0.15) is 23.8 Å². The number of nitrogens with zero attached hydrogens (tertiary/aromatic N) is 2. The number of aliphatic imine (C=N–C) groups is 1. The number of carbonyl (C=O) groups is 2. The van der Waals surface area contributed by atoms with Gasteiger partial charge >= 0.3 is 12.1 Å². The number of benzene rings is 1. The highest BCUT2D eigenvalue weighted by Crippen LogP contribution is 2.41.